The Morgan fingerprint density at radius 3 is 2.74 bits per heavy atom. The minimum atomic E-state index is -0.153. The van der Waals surface area contributed by atoms with Crippen LogP contribution in [0.1, 0.15) is 16.0 Å². The second-order valence-corrected chi connectivity index (χ2v) is 5.54. The van der Waals surface area contributed by atoms with Crippen LogP contribution in [0.25, 0.3) is 0 Å². The lowest BCUT2D eigenvalue weighted by Gasteiger charge is -2.08. The molecule has 1 heterocycles. The Morgan fingerprint density at radius 2 is 2.05 bits per heavy atom. The van der Waals surface area contributed by atoms with Gasteiger partial charge in [-0.05, 0) is 55.0 Å². The number of rotatable bonds is 4. The molecule has 1 aromatic heterocycles. The first-order valence-corrected chi connectivity index (χ1v) is 7.17. The first kappa shape index (κ1) is 13.6. The van der Waals surface area contributed by atoms with E-state index in [0.29, 0.717) is 6.54 Å². The van der Waals surface area contributed by atoms with Crippen LogP contribution in [-0.4, -0.2) is 12.6 Å². The Morgan fingerprint density at radius 1 is 1.21 bits per heavy atom. The third kappa shape index (κ3) is 4.10. The second kappa shape index (κ2) is 6.38. The van der Waals surface area contributed by atoms with Gasteiger partial charge < -0.3 is 10.6 Å². The minimum absolute atomic E-state index is 0.153. The second-order valence-electron chi connectivity index (χ2n) is 4.51. The molecule has 100 valence electrons. The lowest BCUT2D eigenvalue weighted by molar-refractivity contribution is 0.252. The Balaban J connectivity index is 1.79. The van der Waals surface area contributed by atoms with E-state index in [9.17, 15) is 4.79 Å². The summed E-state index contributed by atoms with van der Waals surface area (Å²) in [6, 6.07) is 9.86. The van der Waals surface area contributed by atoms with E-state index in [-0.39, 0.29) is 6.03 Å². The lowest BCUT2D eigenvalue weighted by Crippen LogP contribution is -2.30. The summed E-state index contributed by atoms with van der Waals surface area (Å²) in [5.74, 6) is 0. The van der Waals surface area contributed by atoms with Gasteiger partial charge in [-0.3, -0.25) is 0 Å². The molecule has 1 aromatic carbocycles. The molecule has 3 nitrogen and oxygen atoms in total. The number of hydrogen-bond donors (Lipinski definition) is 2. The van der Waals surface area contributed by atoms with E-state index in [1.54, 1.807) is 11.3 Å². The molecule has 0 saturated heterocycles. The van der Waals surface area contributed by atoms with Crippen LogP contribution in [0.2, 0.25) is 0 Å². The van der Waals surface area contributed by atoms with Crippen LogP contribution in [-0.2, 0) is 6.42 Å². The Labute approximate surface area is 117 Å². The fourth-order valence-corrected chi connectivity index (χ4v) is 2.46. The standard InChI is InChI=1S/C15H18N2OS/c1-11-5-6-13(10-12(11)2)17-15(18)16-8-7-14-4-3-9-19-14/h3-6,9-10H,7-8H2,1-2H3,(H2,16,17,18). The highest BCUT2D eigenvalue weighted by Gasteiger charge is 2.02. The molecule has 19 heavy (non-hydrogen) atoms. The first-order valence-electron chi connectivity index (χ1n) is 6.29. The largest absolute Gasteiger partial charge is 0.338 e. The van der Waals surface area contributed by atoms with E-state index >= 15 is 0 Å². The van der Waals surface area contributed by atoms with Gasteiger partial charge >= 0.3 is 6.03 Å². The van der Waals surface area contributed by atoms with Gasteiger partial charge in [-0.2, -0.15) is 0 Å². The smallest absolute Gasteiger partial charge is 0.319 e. The number of aryl methyl sites for hydroxylation is 2. The topological polar surface area (TPSA) is 41.1 Å². The van der Waals surface area contributed by atoms with Crippen molar-refractivity contribution < 1.29 is 4.79 Å². The van der Waals surface area contributed by atoms with Gasteiger partial charge in [0.15, 0.2) is 0 Å². The maximum atomic E-state index is 11.7. The van der Waals surface area contributed by atoms with E-state index in [0.717, 1.165) is 12.1 Å². The van der Waals surface area contributed by atoms with Gasteiger partial charge in [-0.25, -0.2) is 4.79 Å². The maximum Gasteiger partial charge on any atom is 0.319 e. The van der Waals surface area contributed by atoms with Gasteiger partial charge in [0.05, 0.1) is 0 Å². The van der Waals surface area contributed by atoms with E-state index in [1.165, 1.54) is 16.0 Å². The lowest BCUT2D eigenvalue weighted by atomic mass is 10.1. The fraction of sp³-hybridized carbons (Fsp3) is 0.267. The summed E-state index contributed by atoms with van der Waals surface area (Å²) in [7, 11) is 0. The van der Waals surface area contributed by atoms with Crippen molar-refractivity contribution in [1.29, 1.82) is 0 Å². The summed E-state index contributed by atoms with van der Waals surface area (Å²) in [5, 5.41) is 7.75. The van der Waals surface area contributed by atoms with E-state index in [4.69, 9.17) is 0 Å². The highest BCUT2D eigenvalue weighted by atomic mass is 32.1. The van der Waals surface area contributed by atoms with Gasteiger partial charge in [0, 0.05) is 17.1 Å². The summed E-state index contributed by atoms with van der Waals surface area (Å²) in [4.78, 5) is 13.0. The summed E-state index contributed by atoms with van der Waals surface area (Å²) in [6.45, 7) is 4.74. The van der Waals surface area contributed by atoms with Crippen molar-refractivity contribution in [2.24, 2.45) is 0 Å². The number of urea groups is 1. The van der Waals surface area contributed by atoms with Crippen LogP contribution >= 0.6 is 11.3 Å². The van der Waals surface area contributed by atoms with E-state index < -0.39 is 0 Å². The molecule has 0 aliphatic carbocycles. The molecule has 0 radical (unpaired) electrons. The van der Waals surface area contributed by atoms with E-state index in [1.807, 2.05) is 36.6 Å². The van der Waals surface area contributed by atoms with Crippen molar-refractivity contribution in [3.63, 3.8) is 0 Å². The average Bonchev–Trinajstić information content (AvgIpc) is 2.87. The Kier molecular flexibility index (Phi) is 4.58. The van der Waals surface area contributed by atoms with Crippen molar-refractivity contribution in [3.05, 3.63) is 51.7 Å². The van der Waals surface area contributed by atoms with Crippen LogP contribution in [0.5, 0.6) is 0 Å². The normalized spacial score (nSPS) is 10.2. The van der Waals surface area contributed by atoms with Crippen LogP contribution in [0, 0.1) is 13.8 Å². The molecule has 2 aromatic rings. The molecule has 0 aliphatic heterocycles. The summed E-state index contributed by atoms with van der Waals surface area (Å²) in [6.07, 6.45) is 0.873. The van der Waals surface area contributed by atoms with Crippen molar-refractivity contribution in [2.75, 3.05) is 11.9 Å². The molecule has 0 unspecified atom stereocenters. The van der Waals surface area contributed by atoms with Crippen LogP contribution in [0.4, 0.5) is 10.5 Å². The number of carbonyl (C=O) groups is 1. The molecular formula is C15H18N2OS. The number of nitrogens with one attached hydrogen (secondary N) is 2. The number of amides is 2. The maximum absolute atomic E-state index is 11.7. The molecule has 0 bridgehead atoms. The number of benzene rings is 1. The molecule has 0 atom stereocenters. The highest BCUT2D eigenvalue weighted by Crippen LogP contribution is 2.14. The van der Waals surface area contributed by atoms with Gasteiger partial charge in [0.25, 0.3) is 0 Å². The molecule has 0 saturated carbocycles. The third-order valence-electron chi connectivity index (χ3n) is 3.00. The molecule has 2 N–H and O–H groups in total. The SMILES string of the molecule is Cc1ccc(NC(=O)NCCc2cccs2)cc1C. The van der Waals surface area contributed by atoms with Gasteiger partial charge in [0.1, 0.15) is 0 Å². The summed E-state index contributed by atoms with van der Waals surface area (Å²) >= 11 is 1.71. The van der Waals surface area contributed by atoms with Gasteiger partial charge in [-0.15, -0.1) is 11.3 Å². The zero-order valence-electron chi connectivity index (χ0n) is 11.2. The molecule has 0 fully saturated rings. The predicted molar refractivity (Wildman–Crippen MR) is 81.0 cm³/mol. The van der Waals surface area contributed by atoms with Gasteiger partial charge in [0.2, 0.25) is 0 Å². The third-order valence-corrected chi connectivity index (χ3v) is 3.94. The number of hydrogen-bond acceptors (Lipinski definition) is 2. The Hall–Kier alpha value is -1.81. The van der Waals surface area contributed by atoms with Crippen molar-refractivity contribution in [2.45, 2.75) is 20.3 Å². The van der Waals surface area contributed by atoms with Crippen molar-refractivity contribution in [1.82, 2.24) is 5.32 Å². The summed E-state index contributed by atoms with van der Waals surface area (Å²) < 4.78 is 0. The highest BCUT2D eigenvalue weighted by molar-refractivity contribution is 7.09. The predicted octanol–water partition coefficient (Wildman–Crippen LogP) is 3.73. The molecule has 0 spiro atoms. The van der Waals surface area contributed by atoms with Crippen LogP contribution < -0.4 is 10.6 Å². The number of carbonyl (C=O) groups excluding carboxylic acids is 1. The zero-order valence-corrected chi connectivity index (χ0v) is 12.0. The van der Waals surface area contributed by atoms with Crippen molar-refractivity contribution >= 4 is 23.1 Å². The number of anilines is 1. The minimum Gasteiger partial charge on any atom is -0.338 e. The Bertz CT molecular complexity index is 549. The quantitative estimate of drug-likeness (QED) is 0.876. The molecule has 2 amide bonds. The first-order chi connectivity index (χ1) is 9.15. The van der Waals surface area contributed by atoms with Crippen LogP contribution in [0.3, 0.4) is 0 Å². The average molecular weight is 274 g/mol. The molecule has 2 rings (SSSR count). The molecule has 4 heteroatoms. The summed E-state index contributed by atoms with van der Waals surface area (Å²) in [5.41, 5.74) is 3.23. The van der Waals surface area contributed by atoms with Crippen LogP contribution in [0.15, 0.2) is 35.7 Å². The van der Waals surface area contributed by atoms with Gasteiger partial charge in [-0.1, -0.05) is 12.1 Å². The zero-order chi connectivity index (χ0) is 13.7. The monoisotopic (exact) mass is 274 g/mol. The molecular weight excluding hydrogens is 256 g/mol. The van der Waals surface area contributed by atoms with E-state index in [2.05, 4.69) is 23.6 Å². The molecule has 0 aliphatic rings. The fourth-order valence-electron chi connectivity index (χ4n) is 1.75. The number of thiophene rings is 1. The van der Waals surface area contributed by atoms with Crippen molar-refractivity contribution in [3.8, 4) is 0 Å².